The van der Waals surface area contributed by atoms with E-state index < -0.39 is 0 Å². The van der Waals surface area contributed by atoms with Gasteiger partial charge in [-0.15, -0.1) is 0 Å². The van der Waals surface area contributed by atoms with E-state index in [1.54, 1.807) is 7.11 Å². The fourth-order valence-corrected chi connectivity index (χ4v) is 2.78. The number of hydrogen-bond donors (Lipinski definition) is 2. The fraction of sp³-hybridized carbons (Fsp3) is 0.588. The molecule has 0 unspecified atom stereocenters. The van der Waals surface area contributed by atoms with Gasteiger partial charge in [0.1, 0.15) is 0 Å². The van der Waals surface area contributed by atoms with E-state index >= 15 is 0 Å². The summed E-state index contributed by atoms with van der Waals surface area (Å²) in [5.74, 6) is 0.315. The monoisotopic (exact) mass is 306 g/mol. The van der Waals surface area contributed by atoms with Crippen molar-refractivity contribution in [2.45, 2.75) is 31.9 Å². The molecule has 1 aromatic carbocycles. The van der Waals surface area contributed by atoms with E-state index in [0.717, 1.165) is 19.4 Å². The molecule has 1 aliphatic rings. The van der Waals surface area contributed by atoms with Crippen LogP contribution in [0.1, 0.15) is 31.4 Å². The van der Waals surface area contributed by atoms with Gasteiger partial charge in [-0.3, -0.25) is 0 Å². The number of ether oxygens (including phenoxy) is 2. The van der Waals surface area contributed by atoms with E-state index in [1.165, 1.54) is 5.56 Å². The highest BCUT2D eigenvalue weighted by atomic mass is 16.5. The third-order valence-corrected chi connectivity index (χ3v) is 4.06. The Kier molecular flexibility index (Phi) is 6.68. The predicted octanol–water partition coefficient (Wildman–Crippen LogP) is 2.49. The molecule has 2 amide bonds. The molecule has 5 heteroatoms. The minimum atomic E-state index is -0.136. The number of methoxy groups -OCH3 is 1. The van der Waals surface area contributed by atoms with Gasteiger partial charge in [0.15, 0.2) is 0 Å². The Hall–Kier alpha value is -1.59. The van der Waals surface area contributed by atoms with Crippen molar-refractivity contribution in [3.8, 4) is 0 Å². The molecular formula is C17H26N2O3. The maximum atomic E-state index is 12.0. The van der Waals surface area contributed by atoms with Crippen LogP contribution in [-0.4, -0.2) is 38.9 Å². The minimum Gasteiger partial charge on any atom is -0.383 e. The lowest BCUT2D eigenvalue weighted by atomic mass is 9.95. The van der Waals surface area contributed by atoms with Crippen LogP contribution in [0.5, 0.6) is 0 Å². The van der Waals surface area contributed by atoms with Crippen molar-refractivity contribution in [2.75, 3.05) is 26.9 Å². The Morgan fingerprint density at radius 3 is 2.86 bits per heavy atom. The van der Waals surface area contributed by atoms with Gasteiger partial charge in [-0.05, 0) is 18.4 Å². The molecule has 0 radical (unpaired) electrons. The summed E-state index contributed by atoms with van der Waals surface area (Å²) in [6.45, 7) is 3.92. The molecule has 0 saturated carbocycles. The standard InChI is InChI=1S/C17H26N2O3/c1-3-15(12-21-2)19-17(20)18-11-14-9-10-22-16(14)13-7-5-4-6-8-13/h4-8,14-16H,3,9-12H2,1-2H3,(H2,18,19,20)/t14-,15+,16-/m1/s1. The van der Waals surface area contributed by atoms with Crippen LogP contribution in [0.2, 0.25) is 0 Å². The molecule has 2 N–H and O–H groups in total. The summed E-state index contributed by atoms with van der Waals surface area (Å²) in [5.41, 5.74) is 1.18. The van der Waals surface area contributed by atoms with Crippen LogP contribution < -0.4 is 10.6 Å². The van der Waals surface area contributed by atoms with E-state index in [2.05, 4.69) is 22.8 Å². The lowest BCUT2D eigenvalue weighted by Crippen LogP contribution is -2.45. The molecule has 0 bridgehead atoms. The highest BCUT2D eigenvalue weighted by Crippen LogP contribution is 2.33. The Morgan fingerprint density at radius 1 is 1.41 bits per heavy atom. The molecule has 3 atom stereocenters. The van der Waals surface area contributed by atoms with Crippen molar-refractivity contribution >= 4 is 6.03 Å². The molecule has 2 rings (SSSR count). The summed E-state index contributed by atoms with van der Waals surface area (Å²) in [4.78, 5) is 12.0. The third kappa shape index (κ3) is 4.71. The SMILES string of the molecule is CC[C@@H](COC)NC(=O)NC[C@H]1CCO[C@@H]1c1ccccc1. The molecular weight excluding hydrogens is 280 g/mol. The first-order valence-electron chi connectivity index (χ1n) is 7.94. The molecule has 1 saturated heterocycles. The van der Waals surface area contributed by atoms with E-state index in [9.17, 15) is 4.79 Å². The maximum absolute atomic E-state index is 12.0. The van der Waals surface area contributed by atoms with Crippen LogP contribution in [0.15, 0.2) is 30.3 Å². The van der Waals surface area contributed by atoms with Crippen LogP contribution >= 0.6 is 0 Å². The van der Waals surface area contributed by atoms with Crippen LogP contribution in [0.4, 0.5) is 4.79 Å². The number of carbonyl (C=O) groups is 1. The second-order valence-electron chi connectivity index (χ2n) is 5.67. The van der Waals surface area contributed by atoms with Gasteiger partial charge in [0, 0.05) is 26.2 Å². The van der Waals surface area contributed by atoms with Crippen molar-refractivity contribution < 1.29 is 14.3 Å². The van der Waals surface area contributed by atoms with Crippen molar-refractivity contribution in [1.29, 1.82) is 0 Å². The van der Waals surface area contributed by atoms with Crippen molar-refractivity contribution in [1.82, 2.24) is 10.6 Å². The smallest absolute Gasteiger partial charge is 0.315 e. The Morgan fingerprint density at radius 2 is 2.18 bits per heavy atom. The molecule has 1 heterocycles. The Bertz CT molecular complexity index is 452. The first-order valence-corrected chi connectivity index (χ1v) is 7.94. The van der Waals surface area contributed by atoms with Crippen molar-refractivity contribution in [2.24, 2.45) is 5.92 Å². The highest BCUT2D eigenvalue weighted by molar-refractivity contribution is 5.74. The normalized spacial score (nSPS) is 22.3. The maximum Gasteiger partial charge on any atom is 0.315 e. The summed E-state index contributed by atoms with van der Waals surface area (Å²) in [5, 5.41) is 5.89. The number of amides is 2. The van der Waals surface area contributed by atoms with Gasteiger partial charge >= 0.3 is 6.03 Å². The summed E-state index contributed by atoms with van der Waals surface area (Å²) < 4.78 is 10.9. The van der Waals surface area contributed by atoms with Gasteiger partial charge in [0.25, 0.3) is 0 Å². The first-order chi connectivity index (χ1) is 10.7. The molecule has 122 valence electrons. The van der Waals surface area contributed by atoms with E-state index in [1.807, 2.05) is 25.1 Å². The largest absolute Gasteiger partial charge is 0.383 e. The molecule has 1 aliphatic heterocycles. The van der Waals surface area contributed by atoms with Crippen LogP contribution in [0, 0.1) is 5.92 Å². The minimum absolute atomic E-state index is 0.0507. The lowest BCUT2D eigenvalue weighted by Gasteiger charge is -2.21. The molecule has 1 aromatic rings. The highest BCUT2D eigenvalue weighted by Gasteiger charge is 2.29. The summed E-state index contributed by atoms with van der Waals surface area (Å²) >= 11 is 0. The molecule has 22 heavy (non-hydrogen) atoms. The Balaban J connectivity index is 1.81. The van der Waals surface area contributed by atoms with Crippen molar-refractivity contribution in [3.63, 3.8) is 0 Å². The Labute approximate surface area is 132 Å². The molecule has 0 spiro atoms. The topological polar surface area (TPSA) is 59.6 Å². The zero-order chi connectivity index (χ0) is 15.8. The average molecular weight is 306 g/mol. The van der Waals surface area contributed by atoms with Gasteiger partial charge in [-0.2, -0.15) is 0 Å². The van der Waals surface area contributed by atoms with Crippen LogP contribution in [0.25, 0.3) is 0 Å². The zero-order valence-electron chi connectivity index (χ0n) is 13.4. The lowest BCUT2D eigenvalue weighted by molar-refractivity contribution is 0.0908. The zero-order valence-corrected chi connectivity index (χ0v) is 13.4. The number of rotatable bonds is 7. The van der Waals surface area contributed by atoms with Gasteiger partial charge in [-0.25, -0.2) is 4.79 Å². The predicted molar refractivity (Wildman–Crippen MR) is 85.7 cm³/mol. The summed E-state index contributed by atoms with van der Waals surface area (Å²) in [6.07, 6.45) is 1.89. The second-order valence-corrected chi connectivity index (χ2v) is 5.67. The van der Waals surface area contributed by atoms with E-state index in [4.69, 9.17) is 9.47 Å². The van der Waals surface area contributed by atoms with E-state index in [0.29, 0.717) is 19.1 Å². The average Bonchev–Trinajstić information content (AvgIpc) is 3.02. The molecule has 0 aliphatic carbocycles. The quantitative estimate of drug-likeness (QED) is 0.813. The number of urea groups is 1. The van der Waals surface area contributed by atoms with Crippen molar-refractivity contribution in [3.05, 3.63) is 35.9 Å². The number of nitrogens with one attached hydrogen (secondary N) is 2. The second kappa shape index (κ2) is 8.76. The molecule has 0 aromatic heterocycles. The fourth-order valence-electron chi connectivity index (χ4n) is 2.78. The summed E-state index contributed by atoms with van der Waals surface area (Å²) in [7, 11) is 1.64. The summed E-state index contributed by atoms with van der Waals surface area (Å²) in [6, 6.07) is 10.1. The molecule has 1 fully saturated rings. The third-order valence-electron chi connectivity index (χ3n) is 4.06. The van der Waals surface area contributed by atoms with Crippen LogP contribution in [0.3, 0.4) is 0 Å². The molecule has 5 nitrogen and oxygen atoms in total. The number of hydrogen-bond acceptors (Lipinski definition) is 3. The number of carbonyl (C=O) groups excluding carboxylic acids is 1. The van der Waals surface area contributed by atoms with Gasteiger partial charge in [-0.1, -0.05) is 37.3 Å². The van der Waals surface area contributed by atoms with Gasteiger partial charge < -0.3 is 20.1 Å². The first kappa shape index (κ1) is 16.8. The van der Waals surface area contributed by atoms with Crippen LogP contribution in [-0.2, 0) is 9.47 Å². The van der Waals surface area contributed by atoms with Gasteiger partial charge in [0.05, 0.1) is 18.8 Å². The van der Waals surface area contributed by atoms with Gasteiger partial charge in [0.2, 0.25) is 0 Å². The number of benzene rings is 1. The van der Waals surface area contributed by atoms with E-state index in [-0.39, 0.29) is 18.2 Å².